The van der Waals surface area contributed by atoms with Crippen molar-refractivity contribution in [3.05, 3.63) is 72.1 Å². The Morgan fingerprint density at radius 2 is 2.07 bits per heavy atom. The normalized spacial score (nSPS) is 20.8. The van der Waals surface area contributed by atoms with E-state index in [1.54, 1.807) is 42.5 Å². The lowest BCUT2D eigenvalue weighted by molar-refractivity contribution is 0.0975. The smallest absolute Gasteiger partial charge is 0.327 e. The minimum absolute atomic E-state index is 0.0259. The lowest BCUT2D eigenvalue weighted by Crippen LogP contribution is -2.42. The lowest BCUT2D eigenvalue weighted by Gasteiger charge is -2.29. The first kappa shape index (κ1) is 27.9. The van der Waals surface area contributed by atoms with Gasteiger partial charge < -0.3 is 14.4 Å². The van der Waals surface area contributed by atoms with Crippen LogP contribution in [0.25, 0.3) is 5.65 Å². The summed E-state index contributed by atoms with van der Waals surface area (Å²) in [6.07, 6.45) is 3.84. The van der Waals surface area contributed by atoms with Gasteiger partial charge in [0, 0.05) is 57.5 Å². The maximum atomic E-state index is 14.9. The largest absolute Gasteiger partial charge is 0.488 e. The van der Waals surface area contributed by atoms with Gasteiger partial charge in [-0.25, -0.2) is 22.8 Å². The quantitative estimate of drug-likeness (QED) is 0.327. The molecular formula is C27H29F2N7O5S. The van der Waals surface area contributed by atoms with Crippen molar-refractivity contribution in [2.24, 2.45) is 7.05 Å². The molecule has 2 fully saturated rings. The molecule has 4 aromatic rings. The van der Waals surface area contributed by atoms with Crippen LogP contribution in [0.3, 0.4) is 0 Å². The molecule has 0 bridgehead atoms. The fraction of sp³-hybridized carbons (Fsp3) is 0.370. The second-order valence-electron chi connectivity index (χ2n) is 10.3. The molecule has 1 amide bonds. The van der Waals surface area contributed by atoms with Gasteiger partial charge in [0.25, 0.3) is 5.91 Å². The number of amides is 1. The molecule has 42 heavy (non-hydrogen) atoms. The van der Waals surface area contributed by atoms with Gasteiger partial charge in [0.15, 0.2) is 5.82 Å². The number of halogens is 2. The molecule has 1 N–H and O–H groups in total. The van der Waals surface area contributed by atoms with Gasteiger partial charge in [0.1, 0.15) is 35.2 Å². The van der Waals surface area contributed by atoms with Crippen LogP contribution in [0.5, 0.6) is 5.75 Å². The summed E-state index contributed by atoms with van der Waals surface area (Å²) in [7, 11) is -1.38. The van der Waals surface area contributed by atoms with Crippen LogP contribution in [0.4, 0.5) is 20.3 Å². The number of hydrogen-bond donors (Lipinski definition) is 1. The molecule has 2 saturated heterocycles. The Kier molecular flexibility index (Phi) is 7.22. The topological polar surface area (TPSA) is 123 Å². The van der Waals surface area contributed by atoms with E-state index in [1.165, 1.54) is 40.5 Å². The highest BCUT2D eigenvalue weighted by Crippen LogP contribution is 2.42. The Morgan fingerprint density at radius 1 is 1.24 bits per heavy atom. The highest BCUT2D eigenvalue weighted by atomic mass is 32.2. The average molecular weight is 602 g/mol. The van der Waals surface area contributed by atoms with Gasteiger partial charge in [-0.1, -0.05) is 0 Å². The number of imidazole rings is 1. The van der Waals surface area contributed by atoms with Gasteiger partial charge in [0.05, 0.1) is 31.1 Å². The summed E-state index contributed by atoms with van der Waals surface area (Å²) in [5, 5.41) is 4.05. The van der Waals surface area contributed by atoms with Crippen molar-refractivity contribution in [1.29, 1.82) is 0 Å². The number of rotatable bonds is 8. The zero-order chi connectivity index (χ0) is 29.6. The van der Waals surface area contributed by atoms with E-state index in [9.17, 15) is 22.0 Å². The van der Waals surface area contributed by atoms with Crippen molar-refractivity contribution in [2.45, 2.75) is 31.2 Å². The van der Waals surface area contributed by atoms with E-state index in [0.717, 1.165) is 4.31 Å². The van der Waals surface area contributed by atoms with E-state index in [-0.39, 0.29) is 30.6 Å². The predicted molar refractivity (Wildman–Crippen MR) is 149 cm³/mol. The fourth-order valence-corrected chi connectivity index (χ4v) is 6.10. The summed E-state index contributed by atoms with van der Waals surface area (Å²) >= 11 is 0. The Hall–Kier alpha value is -4.24. The van der Waals surface area contributed by atoms with Crippen LogP contribution in [-0.4, -0.2) is 72.6 Å². The summed E-state index contributed by atoms with van der Waals surface area (Å²) in [6.45, 7) is 1.02. The number of pyridine rings is 1. The zero-order valence-corrected chi connectivity index (χ0v) is 23.7. The van der Waals surface area contributed by atoms with Crippen LogP contribution in [0.2, 0.25) is 0 Å². The van der Waals surface area contributed by atoms with Crippen LogP contribution in [0.15, 0.2) is 55.0 Å². The van der Waals surface area contributed by atoms with E-state index in [1.807, 2.05) is 4.72 Å². The minimum atomic E-state index is -4.29. The number of nitrogens with one attached hydrogen (secondary N) is 1. The van der Waals surface area contributed by atoms with Crippen molar-refractivity contribution in [1.82, 2.24) is 23.9 Å². The van der Waals surface area contributed by atoms with Crippen molar-refractivity contribution < 1.29 is 31.5 Å². The van der Waals surface area contributed by atoms with Gasteiger partial charge in [-0.3, -0.25) is 13.9 Å². The SMILES string of the molecule is CN(c1ccn(C)n1)S(=O)(=O)NC(=O)c1cnc2ccc(N3CC(F)CC3c3cc(F)ccc3OC3CCOC3)cn12. The molecule has 3 unspecified atom stereocenters. The molecule has 0 radical (unpaired) electrons. The van der Waals surface area contributed by atoms with E-state index >= 15 is 0 Å². The number of hydrogen-bond acceptors (Lipinski definition) is 8. The number of carbonyl (C=O) groups excluding carboxylic acids is 1. The second-order valence-corrected chi connectivity index (χ2v) is 12.0. The van der Waals surface area contributed by atoms with Crippen molar-refractivity contribution in [3.8, 4) is 5.75 Å². The minimum Gasteiger partial charge on any atom is -0.488 e. The molecule has 3 atom stereocenters. The first-order chi connectivity index (χ1) is 20.1. The third-order valence-corrected chi connectivity index (χ3v) is 8.77. The summed E-state index contributed by atoms with van der Waals surface area (Å²) in [4.78, 5) is 19.2. The lowest BCUT2D eigenvalue weighted by atomic mass is 10.0. The van der Waals surface area contributed by atoms with Crippen LogP contribution in [0.1, 0.15) is 34.9 Å². The van der Waals surface area contributed by atoms with E-state index in [4.69, 9.17) is 9.47 Å². The molecule has 5 heterocycles. The van der Waals surface area contributed by atoms with E-state index in [0.29, 0.717) is 42.3 Å². The number of alkyl halides is 1. The van der Waals surface area contributed by atoms with Crippen molar-refractivity contribution >= 4 is 33.3 Å². The molecule has 6 rings (SSSR count). The van der Waals surface area contributed by atoms with Gasteiger partial charge >= 0.3 is 10.2 Å². The molecule has 2 aliphatic heterocycles. The molecule has 15 heteroatoms. The average Bonchev–Trinajstić information content (AvgIpc) is 3.76. The monoisotopic (exact) mass is 601 g/mol. The Balaban J connectivity index is 1.30. The molecule has 1 aromatic carbocycles. The van der Waals surface area contributed by atoms with E-state index < -0.39 is 34.1 Å². The zero-order valence-electron chi connectivity index (χ0n) is 22.9. The maximum Gasteiger partial charge on any atom is 0.327 e. The first-order valence-corrected chi connectivity index (χ1v) is 14.8. The molecule has 2 aliphatic rings. The number of anilines is 2. The summed E-state index contributed by atoms with van der Waals surface area (Å²) in [6, 6.07) is 8.52. The molecule has 0 saturated carbocycles. The maximum absolute atomic E-state index is 14.9. The third kappa shape index (κ3) is 5.36. The van der Waals surface area contributed by atoms with E-state index in [2.05, 4.69) is 10.1 Å². The Morgan fingerprint density at radius 3 is 2.81 bits per heavy atom. The van der Waals surface area contributed by atoms with Crippen molar-refractivity contribution in [2.75, 3.05) is 36.0 Å². The summed E-state index contributed by atoms with van der Waals surface area (Å²) < 4.78 is 72.5. The number of nitrogens with zero attached hydrogens (tertiary/aromatic N) is 6. The van der Waals surface area contributed by atoms with Crippen LogP contribution < -0.4 is 18.7 Å². The molecular weight excluding hydrogens is 572 g/mol. The number of fused-ring (bicyclic) bond motifs is 1. The Labute approximate surface area is 240 Å². The second kappa shape index (κ2) is 10.9. The molecule has 3 aromatic heterocycles. The number of benzene rings is 1. The number of carbonyl (C=O) groups is 1. The molecule has 0 aliphatic carbocycles. The Bertz CT molecular complexity index is 1740. The summed E-state index contributed by atoms with van der Waals surface area (Å²) in [5.74, 6) is -0.797. The fourth-order valence-electron chi connectivity index (χ4n) is 5.28. The highest BCUT2D eigenvalue weighted by Gasteiger charge is 2.36. The highest BCUT2D eigenvalue weighted by molar-refractivity contribution is 7.91. The standard InChI is InChI=1S/C27H29F2N7O5S/c1-33-9-7-26(31-33)34(2)42(38,39)32-27(37)23-13-30-25-6-4-19(15-36(23)25)35-14-18(29)12-22(35)21-11-17(28)3-5-24(21)41-20-8-10-40-16-20/h3-7,9,11,13,15,18,20,22H,8,10,12,14,16H2,1-2H3,(H,32,37). The van der Waals surface area contributed by atoms with Gasteiger partial charge in [-0.2, -0.15) is 13.5 Å². The third-order valence-electron chi connectivity index (χ3n) is 7.42. The molecule has 0 spiro atoms. The van der Waals surface area contributed by atoms with Gasteiger partial charge in [-0.05, 0) is 30.3 Å². The van der Waals surface area contributed by atoms with Crippen LogP contribution in [0, 0.1) is 5.82 Å². The van der Waals surface area contributed by atoms with Crippen LogP contribution in [-0.2, 0) is 22.0 Å². The number of aryl methyl sites for hydroxylation is 1. The number of aromatic nitrogens is 4. The van der Waals surface area contributed by atoms with Gasteiger partial charge in [-0.15, -0.1) is 0 Å². The number of ether oxygens (including phenoxy) is 2. The van der Waals surface area contributed by atoms with Crippen molar-refractivity contribution in [3.63, 3.8) is 0 Å². The molecule has 222 valence electrons. The predicted octanol–water partition coefficient (Wildman–Crippen LogP) is 2.78. The van der Waals surface area contributed by atoms with Crippen LogP contribution >= 0.6 is 0 Å². The molecule has 12 nitrogen and oxygen atoms in total. The van der Waals surface area contributed by atoms with Gasteiger partial charge in [0.2, 0.25) is 0 Å². The summed E-state index contributed by atoms with van der Waals surface area (Å²) in [5.41, 5.74) is 1.37. The first-order valence-electron chi connectivity index (χ1n) is 13.3.